The quantitative estimate of drug-likeness (QED) is 0.694. The van der Waals surface area contributed by atoms with Crippen LogP contribution in [0.25, 0.3) is 0 Å². The van der Waals surface area contributed by atoms with Gasteiger partial charge in [-0.05, 0) is 36.8 Å². The highest BCUT2D eigenvalue weighted by Gasteiger charge is 2.52. The van der Waals surface area contributed by atoms with Crippen molar-refractivity contribution in [1.29, 1.82) is 0 Å². The van der Waals surface area contributed by atoms with E-state index in [1.54, 1.807) is 24.4 Å². The number of aryl methyl sites for hydroxylation is 1. The normalized spacial score (nSPS) is 21.7. The molecule has 2 aliphatic rings. The Hall–Kier alpha value is -2.60. The molecule has 3 heterocycles. The molecule has 1 aromatic heterocycles. The molecule has 3 N–H and O–H groups in total. The molecule has 4 rings (SSSR count). The number of rotatable bonds is 0. The van der Waals surface area contributed by atoms with Crippen LogP contribution in [-0.4, -0.2) is 16.8 Å². The number of aromatic nitrogens is 1. The first-order valence-corrected chi connectivity index (χ1v) is 7.07. The molecule has 1 spiro atoms. The Balaban J connectivity index is 1.95. The number of hydrogen-bond acceptors (Lipinski definition) is 4. The molecule has 110 valence electrons. The minimum Gasteiger partial charge on any atom is -0.335 e. The van der Waals surface area contributed by atoms with Crippen LogP contribution in [0.3, 0.4) is 0 Å². The molecule has 0 aliphatic carbocycles. The van der Waals surface area contributed by atoms with Gasteiger partial charge in [0, 0.05) is 11.8 Å². The average Bonchev–Trinajstić information content (AvgIpc) is 2.73. The monoisotopic (exact) mass is 314 g/mol. The van der Waals surface area contributed by atoms with Crippen LogP contribution in [-0.2, 0) is 10.5 Å². The number of hydrogen-bond donors (Lipinski definition) is 3. The van der Waals surface area contributed by atoms with Gasteiger partial charge in [-0.3, -0.25) is 9.59 Å². The van der Waals surface area contributed by atoms with Crippen molar-refractivity contribution in [3.63, 3.8) is 0 Å². The topological polar surface area (TPSA) is 83.1 Å². The number of pyridine rings is 1. The van der Waals surface area contributed by atoms with E-state index in [4.69, 9.17) is 11.6 Å². The summed E-state index contributed by atoms with van der Waals surface area (Å²) in [4.78, 5) is 29.1. The van der Waals surface area contributed by atoms with Gasteiger partial charge in [0.1, 0.15) is 5.82 Å². The SMILES string of the molecule is Cc1cc(Cl)c2c(c1)C1(NC(=O)c3cccnc3N1)C(=O)N2. The van der Waals surface area contributed by atoms with E-state index in [0.29, 0.717) is 27.7 Å². The van der Waals surface area contributed by atoms with Gasteiger partial charge in [0.05, 0.1) is 16.3 Å². The van der Waals surface area contributed by atoms with Crippen molar-refractivity contribution >= 4 is 34.9 Å². The second-order valence-corrected chi connectivity index (χ2v) is 5.76. The third-order valence-corrected chi connectivity index (χ3v) is 4.18. The van der Waals surface area contributed by atoms with Crippen LogP contribution < -0.4 is 16.0 Å². The molecule has 0 radical (unpaired) electrons. The Morgan fingerprint density at radius 1 is 1.23 bits per heavy atom. The van der Waals surface area contributed by atoms with Crippen molar-refractivity contribution in [1.82, 2.24) is 10.3 Å². The molecule has 2 aliphatic heterocycles. The van der Waals surface area contributed by atoms with Crippen molar-refractivity contribution in [2.45, 2.75) is 12.6 Å². The Morgan fingerprint density at radius 3 is 2.86 bits per heavy atom. The van der Waals surface area contributed by atoms with Crippen molar-refractivity contribution in [3.8, 4) is 0 Å². The molecule has 1 unspecified atom stereocenters. The van der Waals surface area contributed by atoms with Crippen LogP contribution >= 0.6 is 11.6 Å². The summed E-state index contributed by atoms with van der Waals surface area (Å²) in [5, 5.41) is 8.96. The number of fused-ring (bicyclic) bond motifs is 3. The summed E-state index contributed by atoms with van der Waals surface area (Å²) in [6.07, 6.45) is 1.56. The first-order valence-electron chi connectivity index (χ1n) is 6.69. The zero-order valence-electron chi connectivity index (χ0n) is 11.5. The summed E-state index contributed by atoms with van der Waals surface area (Å²) in [6.45, 7) is 1.87. The number of carbonyl (C=O) groups is 2. The summed E-state index contributed by atoms with van der Waals surface area (Å²) < 4.78 is 0. The van der Waals surface area contributed by atoms with Gasteiger partial charge in [0.15, 0.2) is 0 Å². The Labute approximate surface area is 130 Å². The van der Waals surface area contributed by atoms with Crippen LogP contribution in [0.5, 0.6) is 0 Å². The number of nitrogens with one attached hydrogen (secondary N) is 3. The Kier molecular flexibility index (Phi) is 2.50. The largest absolute Gasteiger partial charge is 0.335 e. The zero-order valence-corrected chi connectivity index (χ0v) is 12.3. The number of carbonyl (C=O) groups excluding carboxylic acids is 2. The van der Waals surface area contributed by atoms with Gasteiger partial charge in [-0.25, -0.2) is 4.98 Å². The van der Waals surface area contributed by atoms with Gasteiger partial charge < -0.3 is 16.0 Å². The standard InChI is InChI=1S/C15H11ClN4O2/c1-7-5-9-11(10(16)6-7)18-14(22)15(9)19-12-8(13(21)20-15)3-2-4-17-12/h2-6H,1H3,(H,17,19)(H,18,22)(H,20,21). The number of halogens is 1. The molecule has 0 bridgehead atoms. The van der Waals surface area contributed by atoms with Gasteiger partial charge in [-0.15, -0.1) is 0 Å². The molecule has 0 saturated heterocycles. The molecule has 2 aromatic rings. The van der Waals surface area contributed by atoms with E-state index in [-0.39, 0.29) is 11.8 Å². The molecule has 7 heteroatoms. The van der Waals surface area contributed by atoms with Crippen LogP contribution in [0.2, 0.25) is 5.02 Å². The van der Waals surface area contributed by atoms with Gasteiger partial charge in [0.25, 0.3) is 11.8 Å². The molecular weight excluding hydrogens is 304 g/mol. The fraction of sp³-hybridized carbons (Fsp3) is 0.133. The minimum atomic E-state index is -1.39. The van der Waals surface area contributed by atoms with E-state index in [1.807, 2.05) is 13.0 Å². The van der Waals surface area contributed by atoms with Crippen molar-refractivity contribution < 1.29 is 9.59 Å². The van der Waals surface area contributed by atoms with E-state index in [9.17, 15) is 9.59 Å². The van der Waals surface area contributed by atoms with Crippen LogP contribution in [0, 0.1) is 6.92 Å². The first-order chi connectivity index (χ1) is 10.5. The maximum Gasteiger partial charge on any atom is 0.276 e. The number of anilines is 2. The number of benzene rings is 1. The average molecular weight is 315 g/mol. The highest BCUT2D eigenvalue weighted by atomic mass is 35.5. The van der Waals surface area contributed by atoms with E-state index in [0.717, 1.165) is 5.56 Å². The predicted molar refractivity (Wildman–Crippen MR) is 81.8 cm³/mol. The van der Waals surface area contributed by atoms with E-state index >= 15 is 0 Å². The number of amides is 2. The van der Waals surface area contributed by atoms with Crippen molar-refractivity contribution in [3.05, 3.63) is 52.2 Å². The second kappa shape index (κ2) is 4.20. The lowest BCUT2D eigenvalue weighted by Crippen LogP contribution is -2.59. The molecule has 1 aromatic carbocycles. The summed E-state index contributed by atoms with van der Waals surface area (Å²) >= 11 is 6.21. The lowest BCUT2D eigenvalue weighted by molar-refractivity contribution is -0.120. The fourth-order valence-electron chi connectivity index (χ4n) is 2.88. The highest BCUT2D eigenvalue weighted by Crippen LogP contribution is 2.43. The predicted octanol–water partition coefficient (Wildman–Crippen LogP) is 2.00. The lowest BCUT2D eigenvalue weighted by atomic mass is 9.95. The zero-order chi connectivity index (χ0) is 15.5. The van der Waals surface area contributed by atoms with Crippen LogP contribution in [0.4, 0.5) is 11.5 Å². The minimum absolute atomic E-state index is 0.359. The molecule has 0 fully saturated rings. The molecular formula is C15H11ClN4O2. The summed E-state index contributed by atoms with van der Waals surface area (Å²) in [7, 11) is 0. The maximum absolute atomic E-state index is 12.6. The van der Waals surface area contributed by atoms with Gasteiger partial charge in [-0.1, -0.05) is 11.6 Å². The summed E-state index contributed by atoms with van der Waals surface area (Å²) in [5.74, 6) is -0.381. The van der Waals surface area contributed by atoms with Crippen LogP contribution in [0.1, 0.15) is 21.5 Å². The lowest BCUT2D eigenvalue weighted by Gasteiger charge is -2.34. The number of nitrogens with zero attached hydrogens (tertiary/aromatic N) is 1. The first kappa shape index (κ1) is 13.1. The molecule has 6 nitrogen and oxygen atoms in total. The van der Waals surface area contributed by atoms with Crippen molar-refractivity contribution in [2.24, 2.45) is 0 Å². The Morgan fingerprint density at radius 2 is 2.05 bits per heavy atom. The Bertz CT molecular complexity index is 851. The fourth-order valence-corrected chi connectivity index (χ4v) is 3.20. The molecule has 22 heavy (non-hydrogen) atoms. The summed E-state index contributed by atoms with van der Waals surface area (Å²) in [5.41, 5.74) is 0.996. The highest BCUT2D eigenvalue weighted by molar-refractivity contribution is 6.35. The van der Waals surface area contributed by atoms with Gasteiger partial charge in [-0.2, -0.15) is 0 Å². The summed E-state index contributed by atoms with van der Waals surface area (Å²) in [6, 6.07) is 6.90. The van der Waals surface area contributed by atoms with Gasteiger partial charge >= 0.3 is 0 Å². The second-order valence-electron chi connectivity index (χ2n) is 5.35. The maximum atomic E-state index is 12.6. The molecule has 1 atom stereocenters. The molecule has 2 amide bonds. The van der Waals surface area contributed by atoms with Crippen molar-refractivity contribution in [2.75, 3.05) is 10.6 Å². The third-order valence-electron chi connectivity index (χ3n) is 3.88. The van der Waals surface area contributed by atoms with E-state index in [1.165, 1.54) is 0 Å². The third kappa shape index (κ3) is 1.58. The van der Waals surface area contributed by atoms with Crippen LogP contribution in [0.15, 0.2) is 30.5 Å². The van der Waals surface area contributed by atoms with Gasteiger partial charge in [0.2, 0.25) is 5.66 Å². The smallest absolute Gasteiger partial charge is 0.276 e. The van der Waals surface area contributed by atoms with E-state index < -0.39 is 5.66 Å². The molecule has 0 saturated carbocycles. The van der Waals surface area contributed by atoms with E-state index in [2.05, 4.69) is 20.9 Å².